The summed E-state index contributed by atoms with van der Waals surface area (Å²) in [5, 5.41) is 10.3. The molecule has 1 aliphatic heterocycles. The molecule has 5 heteroatoms. The number of nitrogens with zero attached hydrogens (tertiary/aromatic N) is 1. The molecule has 2 aliphatic rings. The van der Waals surface area contributed by atoms with Gasteiger partial charge in [-0.3, -0.25) is 0 Å². The summed E-state index contributed by atoms with van der Waals surface area (Å²) in [6.07, 6.45) is 4.24. The largest absolute Gasteiger partial charge is 0.464 e. The van der Waals surface area contributed by atoms with Crippen LogP contribution in [0.25, 0.3) is 80.9 Å². The lowest BCUT2D eigenvalue weighted by atomic mass is 9.58. The molecule has 12 rings (SSSR count). The molecule has 0 saturated carbocycles. The summed E-state index contributed by atoms with van der Waals surface area (Å²) in [6.45, 7) is 16.6. The standard InChI is InChI=1S/C56H48BN2OS/c1-54(2,3)33-17-19-34(20-18-33)58-46-28-44-43(55(4,5)23-24-56(44,6)7)26-38(46)36-21-22-37-39-25-41-35-15-11-12-16-50(35)61-51(41)30-47(39)59-48-27-40-42(32-13-9-8-10-14-32)31-60-49(40)29-45(48)57-52(36)53(37)59/h8-22,25-31,58H,23-24H2,1-7H3. The summed E-state index contributed by atoms with van der Waals surface area (Å²) in [5.41, 5.74) is 18.4. The van der Waals surface area contributed by atoms with Gasteiger partial charge in [-0.1, -0.05) is 127 Å². The van der Waals surface area contributed by atoms with Crippen molar-refractivity contribution >= 4 is 93.9 Å². The lowest BCUT2D eigenvalue weighted by molar-refractivity contribution is 0.332. The van der Waals surface area contributed by atoms with Crippen molar-refractivity contribution in [2.24, 2.45) is 0 Å². The van der Waals surface area contributed by atoms with E-state index in [1.165, 1.54) is 80.9 Å². The number of thiophene rings is 1. The van der Waals surface area contributed by atoms with Crippen molar-refractivity contribution < 1.29 is 4.42 Å². The molecule has 297 valence electrons. The first-order chi connectivity index (χ1) is 29.3. The molecule has 0 bridgehead atoms. The van der Waals surface area contributed by atoms with E-state index in [0.717, 1.165) is 51.8 Å². The van der Waals surface area contributed by atoms with Gasteiger partial charge in [0.1, 0.15) is 5.58 Å². The second kappa shape index (κ2) is 12.8. The number of rotatable bonds is 4. The van der Waals surface area contributed by atoms with Gasteiger partial charge >= 0.3 is 0 Å². The van der Waals surface area contributed by atoms with Crippen LogP contribution in [0.15, 0.2) is 138 Å². The lowest BCUT2D eigenvalue weighted by Crippen LogP contribution is -2.37. The molecule has 1 N–H and O–H groups in total. The van der Waals surface area contributed by atoms with Crippen molar-refractivity contribution in [3.05, 3.63) is 150 Å². The number of hydrogen-bond acceptors (Lipinski definition) is 3. The van der Waals surface area contributed by atoms with E-state index in [4.69, 9.17) is 4.42 Å². The Morgan fingerprint density at radius 2 is 1.38 bits per heavy atom. The molecule has 7 aromatic carbocycles. The molecule has 1 aliphatic carbocycles. The average molecular weight is 808 g/mol. The third-order valence-electron chi connectivity index (χ3n) is 14.1. The van der Waals surface area contributed by atoms with E-state index in [-0.39, 0.29) is 16.2 Å². The minimum absolute atomic E-state index is 0.0505. The highest BCUT2D eigenvalue weighted by Gasteiger charge is 2.38. The topological polar surface area (TPSA) is 30.1 Å². The van der Waals surface area contributed by atoms with Gasteiger partial charge in [0, 0.05) is 70.0 Å². The van der Waals surface area contributed by atoms with Crippen LogP contribution in [0.3, 0.4) is 0 Å². The third kappa shape index (κ3) is 5.56. The molecule has 3 nitrogen and oxygen atoms in total. The first-order valence-corrected chi connectivity index (χ1v) is 22.6. The van der Waals surface area contributed by atoms with Crippen molar-refractivity contribution in [3.63, 3.8) is 0 Å². The summed E-state index contributed by atoms with van der Waals surface area (Å²) in [5.74, 6) is 0. The summed E-state index contributed by atoms with van der Waals surface area (Å²) in [4.78, 5) is 0. The Kier molecular flexibility index (Phi) is 7.69. The van der Waals surface area contributed by atoms with E-state index in [2.05, 4.69) is 193 Å². The Morgan fingerprint density at radius 1 is 0.639 bits per heavy atom. The molecule has 0 fully saturated rings. The van der Waals surface area contributed by atoms with Crippen LogP contribution in [0.1, 0.15) is 78.0 Å². The van der Waals surface area contributed by atoms with Crippen LogP contribution in [0.5, 0.6) is 0 Å². The van der Waals surface area contributed by atoms with Crippen LogP contribution in [0.2, 0.25) is 0 Å². The lowest BCUT2D eigenvalue weighted by Gasteiger charge is -2.42. The van der Waals surface area contributed by atoms with Gasteiger partial charge < -0.3 is 14.3 Å². The van der Waals surface area contributed by atoms with Gasteiger partial charge in [-0.15, -0.1) is 11.3 Å². The van der Waals surface area contributed by atoms with E-state index in [1.807, 2.05) is 17.6 Å². The Hall–Kier alpha value is -6.04. The number of hydrogen-bond donors (Lipinski definition) is 1. The maximum absolute atomic E-state index is 6.39. The number of benzene rings is 7. The van der Waals surface area contributed by atoms with E-state index in [0.29, 0.717) is 0 Å². The predicted molar refractivity (Wildman–Crippen MR) is 263 cm³/mol. The van der Waals surface area contributed by atoms with E-state index < -0.39 is 0 Å². The summed E-state index contributed by atoms with van der Waals surface area (Å²) < 4.78 is 11.6. The molecular formula is C56H48BN2OS. The Labute approximate surface area is 362 Å². The van der Waals surface area contributed by atoms with Gasteiger partial charge in [0.15, 0.2) is 7.28 Å². The maximum Gasteiger partial charge on any atom is 0.198 e. The molecule has 61 heavy (non-hydrogen) atoms. The third-order valence-corrected chi connectivity index (χ3v) is 15.3. The van der Waals surface area contributed by atoms with Gasteiger partial charge in [-0.2, -0.15) is 0 Å². The highest BCUT2D eigenvalue weighted by atomic mass is 32.1. The van der Waals surface area contributed by atoms with Gasteiger partial charge in [-0.25, -0.2) is 0 Å². The Morgan fingerprint density at radius 3 is 2.15 bits per heavy atom. The second-order valence-electron chi connectivity index (χ2n) is 20.0. The molecule has 1 radical (unpaired) electrons. The zero-order valence-electron chi connectivity index (χ0n) is 36.0. The molecule has 4 heterocycles. The zero-order valence-corrected chi connectivity index (χ0v) is 36.8. The smallest absolute Gasteiger partial charge is 0.198 e. The molecular weight excluding hydrogens is 760 g/mol. The van der Waals surface area contributed by atoms with Crippen molar-refractivity contribution in [1.82, 2.24) is 4.57 Å². The molecule has 0 saturated heterocycles. The van der Waals surface area contributed by atoms with Gasteiger partial charge in [0.05, 0.1) is 11.8 Å². The fraction of sp³-hybridized carbons (Fsp3) is 0.214. The minimum Gasteiger partial charge on any atom is -0.464 e. The summed E-state index contributed by atoms with van der Waals surface area (Å²) >= 11 is 1.89. The van der Waals surface area contributed by atoms with Crippen LogP contribution in [0, 0.1) is 0 Å². The molecule has 0 amide bonds. The van der Waals surface area contributed by atoms with Gasteiger partial charge in [0.25, 0.3) is 0 Å². The van der Waals surface area contributed by atoms with Crippen LogP contribution < -0.4 is 16.2 Å². The predicted octanol–water partition coefficient (Wildman–Crippen LogP) is 14.6. The van der Waals surface area contributed by atoms with Crippen molar-refractivity contribution in [2.45, 2.75) is 77.6 Å². The SMILES string of the molecule is CC(C)(C)c1ccc(Nc2cc3c(cc2-c2ccc4c5cc6c(cc5n5c4c2[B]c2cc4occ(-c7ccccc7)c4cc2-5)sc2ccccc26)C(C)(C)CCC3(C)C)cc1. The van der Waals surface area contributed by atoms with Gasteiger partial charge in [0.2, 0.25) is 0 Å². The summed E-state index contributed by atoms with van der Waals surface area (Å²) in [6, 6.07) is 47.9. The van der Waals surface area contributed by atoms with Crippen LogP contribution in [-0.4, -0.2) is 11.8 Å². The molecule has 0 unspecified atom stereocenters. The van der Waals surface area contributed by atoms with Crippen molar-refractivity contribution in [3.8, 4) is 27.9 Å². The zero-order chi connectivity index (χ0) is 41.6. The normalized spacial score (nSPS) is 15.4. The van der Waals surface area contributed by atoms with E-state index >= 15 is 0 Å². The molecule has 0 atom stereocenters. The molecule has 10 aromatic rings. The molecule has 0 spiro atoms. The van der Waals surface area contributed by atoms with E-state index in [9.17, 15) is 0 Å². The Bertz CT molecular complexity index is 3450. The number of aromatic nitrogens is 1. The monoisotopic (exact) mass is 807 g/mol. The van der Waals surface area contributed by atoms with E-state index in [1.54, 1.807) is 0 Å². The quantitative estimate of drug-likeness (QED) is 0.180. The number of anilines is 2. The van der Waals surface area contributed by atoms with Crippen LogP contribution >= 0.6 is 11.3 Å². The highest BCUT2D eigenvalue weighted by molar-refractivity contribution is 7.25. The maximum atomic E-state index is 6.39. The first-order valence-electron chi connectivity index (χ1n) is 21.8. The minimum atomic E-state index is 0.0505. The number of fused-ring (bicyclic) bond motifs is 10. The highest BCUT2D eigenvalue weighted by Crippen LogP contribution is 2.50. The number of nitrogens with one attached hydrogen (secondary N) is 1. The van der Waals surface area contributed by atoms with Crippen molar-refractivity contribution in [2.75, 3.05) is 5.32 Å². The average Bonchev–Trinajstić information content (AvgIpc) is 3.93. The van der Waals surface area contributed by atoms with Crippen LogP contribution in [-0.2, 0) is 16.2 Å². The second-order valence-corrected chi connectivity index (χ2v) is 21.0. The molecule has 3 aromatic heterocycles. The van der Waals surface area contributed by atoms with Crippen LogP contribution in [0.4, 0.5) is 11.4 Å². The first kappa shape index (κ1) is 36.8. The van der Waals surface area contributed by atoms with Gasteiger partial charge in [-0.05, 0) is 117 Å². The fourth-order valence-electron chi connectivity index (χ4n) is 10.5. The number of furan rings is 1. The van der Waals surface area contributed by atoms with Crippen molar-refractivity contribution in [1.29, 1.82) is 0 Å². The summed E-state index contributed by atoms with van der Waals surface area (Å²) in [7, 11) is 2.43. The Balaban J connectivity index is 1.15. The fourth-order valence-corrected chi connectivity index (χ4v) is 11.6.